The SMILES string of the molecule is CNCc1ccc(N2CCCC(C)C2)cc1Cl. The molecule has 1 heterocycles. The van der Waals surface area contributed by atoms with Gasteiger partial charge in [0.15, 0.2) is 0 Å². The van der Waals surface area contributed by atoms with Gasteiger partial charge < -0.3 is 10.2 Å². The topological polar surface area (TPSA) is 15.3 Å². The summed E-state index contributed by atoms with van der Waals surface area (Å²) in [6.07, 6.45) is 2.64. The number of piperidine rings is 1. The van der Waals surface area contributed by atoms with Crippen LogP contribution in [0.2, 0.25) is 5.02 Å². The molecule has 1 unspecified atom stereocenters. The van der Waals surface area contributed by atoms with E-state index in [4.69, 9.17) is 11.6 Å². The van der Waals surface area contributed by atoms with Crippen LogP contribution in [0.1, 0.15) is 25.3 Å². The number of nitrogens with one attached hydrogen (secondary N) is 1. The highest BCUT2D eigenvalue weighted by Gasteiger charge is 2.17. The monoisotopic (exact) mass is 252 g/mol. The van der Waals surface area contributed by atoms with Crippen molar-refractivity contribution in [3.63, 3.8) is 0 Å². The minimum absolute atomic E-state index is 0.791. The maximum Gasteiger partial charge on any atom is 0.0471 e. The zero-order valence-electron chi connectivity index (χ0n) is 10.7. The van der Waals surface area contributed by atoms with Crippen LogP contribution >= 0.6 is 11.6 Å². The highest BCUT2D eigenvalue weighted by atomic mass is 35.5. The second kappa shape index (κ2) is 5.74. The first-order chi connectivity index (χ1) is 8.20. The first-order valence-corrected chi connectivity index (χ1v) is 6.76. The molecule has 0 bridgehead atoms. The molecular formula is C14H21ClN2. The third kappa shape index (κ3) is 3.14. The van der Waals surface area contributed by atoms with E-state index in [2.05, 4.69) is 35.3 Å². The third-order valence-electron chi connectivity index (χ3n) is 3.43. The highest BCUT2D eigenvalue weighted by molar-refractivity contribution is 6.31. The Morgan fingerprint density at radius 3 is 2.94 bits per heavy atom. The van der Waals surface area contributed by atoms with E-state index in [1.54, 1.807) is 0 Å². The number of rotatable bonds is 3. The van der Waals surface area contributed by atoms with Gasteiger partial charge in [0.2, 0.25) is 0 Å². The van der Waals surface area contributed by atoms with Crippen molar-refractivity contribution in [3.8, 4) is 0 Å². The fourth-order valence-electron chi connectivity index (χ4n) is 2.49. The summed E-state index contributed by atoms with van der Waals surface area (Å²) in [5, 5.41) is 4.00. The normalized spacial score (nSPS) is 20.6. The number of halogens is 1. The number of anilines is 1. The molecule has 1 aromatic rings. The predicted octanol–water partition coefficient (Wildman–Crippen LogP) is 3.30. The van der Waals surface area contributed by atoms with Crippen LogP contribution in [0.3, 0.4) is 0 Å². The summed E-state index contributed by atoms with van der Waals surface area (Å²) >= 11 is 6.30. The molecule has 1 aromatic carbocycles. The summed E-state index contributed by atoms with van der Waals surface area (Å²) in [5.74, 6) is 0.791. The largest absolute Gasteiger partial charge is 0.371 e. The summed E-state index contributed by atoms with van der Waals surface area (Å²) in [7, 11) is 1.94. The lowest BCUT2D eigenvalue weighted by atomic mass is 9.99. The summed E-state index contributed by atoms with van der Waals surface area (Å²) < 4.78 is 0. The van der Waals surface area contributed by atoms with Crippen LogP contribution in [-0.2, 0) is 6.54 Å². The fourth-order valence-corrected chi connectivity index (χ4v) is 2.73. The Hall–Kier alpha value is -0.730. The Bertz CT molecular complexity index is 378. The van der Waals surface area contributed by atoms with Crippen LogP contribution in [0.5, 0.6) is 0 Å². The second-order valence-corrected chi connectivity index (χ2v) is 5.41. The molecule has 3 heteroatoms. The van der Waals surface area contributed by atoms with Crippen LogP contribution in [-0.4, -0.2) is 20.1 Å². The van der Waals surface area contributed by atoms with E-state index in [0.29, 0.717) is 0 Å². The lowest BCUT2D eigenvalue weighted by Crippen LogP contribution is -2.34. The van der Waals surface area contributed by atoms with Gasteiger partial charge in [-0.3, -0.25) is 0 Å². The van der Waals surface area contributed by atoms with Gasteiger partial charge in [-0.25, -0.2) is 0 Å². The molecule has 0 aliphatic carbocycles. The summed E-state index contributed by atoms with van der Waals surface area (Å²) in [4.78, 5) is 2.45. The van der Waals surface area contributed by atoms with Crippen molar-refractivity contribution in [1.82, 2.24) is 5.32 Å². The Morgan fingerprint density at radius 1 is 1.47 bits per heavy atom. The molecular weight excluding hydrogens is 232 g/mol. The van der Waals surface area contributed by atoms with E-state index in [9.17, 15) is 0 Å². The average molecular weight is 253 g/mol. The third-order valence-corrected chi connectivity index (χ3v) is 3.78. The first kappa shape index (κ1) is 12.7. The predicted molar refractivity (Wildman–Crippen MR) is 74.8 cm³/mol. The van der Waals surface area contributed by atoms with E-state index >= 15 is 0 Å². The Morgan fingerprint density at radius 2 is 2.29 bits per heavy atom. The van der Waals surface area contributed by atoms with Crippen molar-refractivity contribution in [2.75, 3.05) is 25.0 Å². The molecule has 1 N–H and O–H groups in total. The second-order valence-electron chi connectivity index (χ2n) is 5.00. The van der Waals surface area contributed by atoms with E-state index < -0.39 is 0 Å². The van der Waals surface area contributed by atoms with E-state index in [0.717, 1.165) is 30.6 Å². The van der Waals surface area contributed by atoms with Crippen molar-refractivity contribution in [3.05, 3.63) is 28.8 Å². The molecule has 1 aliphatic rings. The van der Waals surface area contributed by atoms with Gasteiger partial charge in [-0.1, -0.05) is 24.6 Å². The van der Waals surface area contributed by atoms with Crippen LogP contribution in [0.15, 0.2) is 18.2 Å². The molecule has 17 heavy (non-hydrogen) atoms. The molecule has 0 aromatic heterocycles. The Kier molecular flexibility index (Phi) is 4.30. The lowest BCUT2D eigenvalue weighted by molar-refractivity contribution is 0.447. The van der Waals surface area contributed by atoms with Crippen LogP contribution in [0, 0.1) is 5.92 Å². The Labute approximate surface area is 109 Å². The molecule has 1 fully saturated rings. The molecule has 2 rings (SSSR count). The zero-order valence-corrected chi connectivity index (χ0v) is 11.4. The van der Waals surface area contributed by atoms with Crippen LogP contribution in [0.25, 0.3) is 0 Å². The van der Waals surface area contributed by atoms with Crippen molar-refractivity contribution >= 4 is 17.3 Å². The number of hydrogen-bond donors (Lipinski definition) is 1. The standard InChI is InChI=1S/C14H21ClN2/c1-11-4-3-7-17(10-11)13-6-5-12(9-16-2)14(15)8-13/h5-6,8,11,16H,3-4,7,9-10H2,1-2H3. The van der Waals surface area contributed by atoms with Gasteiger partial charge in [-0.05, 0) is 43.5 Å². The quantitative estimate of drug-likeness (QED) is 0.888. The van der Waals surface area contributed by atoms with Gasteiger partial charge in [0.25, 0.3) is 0 Å². The van der Waals surface area contributed by atoms with E-state index in [1.165, 1.54) is 24.1 Å². The van der Waals surface area contributed by atoms with E-state index in [-0.39, 0.29) is 0 Å². The van der Waals surface area contributed by atoms with Crippen molar-refractivity contribution in [2.45, 2.75) is 26.3 Å². The minimum atomic E-state index is 0.791. The summed E-state index contributed by atoms with van der Waals surface area (Å²) in [6.45, 7) is 5.46. The molecule has 1 aliphatic heterocycles. The van der Waals surface area contributed by atoms with Gasteiger partial charge in [0.1, 0.15) is 0 Å². The molecule has 2 nitrogen and oxygen atoms in total. The molecule has 0 radical (unpaired) electrons. The number of hydrogen-bond acceptors (Lipinski definition) is 2. The van der Waals surface area contributed by atoms with Gasteiger partial charge >= 0.3 is 0 Å². The van der Waals surface area contributed by atoms with Gasteiger partial charge in [0, 0.05) is 30.3 Å². The van der Waals surface area contributed by atoms with Crippen molar-refractivity contribution in [1.29, 1.82) is 0 Å². The van der Waals surface area contributed by atoms with Crippen LogP contribution in [0.4, 0.5) is 5.69 Å². The molecule has 1 atom stereocenters. The number of benzene rings is 1. The lowest BCUT2D eigenvalue weighted by Gasteiger charge is -2.33. The summed E-state index contributed by atoms with van der Waals surface area (Å²) in [5.41, 5.74) is 2.43. The van der Waals surface area contributed by atoms with E-state index in [1.807, 2.05) is 7.05 Å². The Balaban J connectivity index is 2.13. The zero-order chi connectivity index (χ0) is 12.3. The maximum absolute atomic E-state index is 6.30. The van der Waals surface area contributed by atoms with Crippen molar-refractivity contribution in [2.24, 2.45) is 5.92 Å². The highest BCUT2D eigenvalue weighted by Crippen LogP contribution is 2.27. The van der Waals surface area contributed by atoms with Crippen LogP contribution < -0.4 is 10.2 Å². The first-order valence-electron chi connectivity index (χ1n) is 6.38. The van der Waals surface area contributed by atoms with Gasteiger partial charge in [-0.15, -0.1) is 0 Å². The smallest absolute Gasteiger partial charge is 0.0471 e. The molecule has 0 amide bonds. The molecule has 0 spiro atoms. The van der Waals surface area contributed by atoms with Crippen molar-refractivity contribution < 1.29 is 0 Å². The molecule has 1 saturated heterocycles. The molecule has 94 valence electrons. The minimum Gasteiger partial charge on any atom is -0.371 e. The molecule has 0 saturated carbocycles. The number of nitrogens with zero attached hydrogens (tertiary/aromatic N) is 1. The summed E-state index contributed by atoms with van der Waals surface area (Å²) in [6, 6.07) is 6.43. The fraction of sp³-hybridized carbons (Fsp3) is 0.571. The van der Waals surface area contributed by atoms with Gasteiger partial charge in [0.05, 0.1) is 0 Å². The maximum atomic E-state index is 6.30. The van der Waals surface area contributed by atoms with Gasteiger partial charge in [-0.2, -0.15) is 0 Å². The average Bonchev–Trinajstić information content (AvgIpc) is 2.32.